The van der Waals surface area contributed by atoms with Gasteiger partial charge in [-0.2, -0.15) is 0 Å². The molecule has 1 unspecified atom stereocenters. The lowest BCUT2D eigenvalue weighted by atomic mass is 10.2. The van der Waals surface area contributed by atoms with E-state index in [-0.39, 0.29) is 25.6 Å². The van der Waals surface area contributed by atoms with Gasteiger partial charge in [0.15, 0.2) is 11.5 Å². The summed E-state index contributed by atoms with van der Waals surface area (Å²) in [6.45, 7) is 0.879. The summed E-state index contributed by atoms with van der Waals surface area (Å²) in [5.74, 6) is 1.34. The highest BCUT2D eigenvalue weighted by atomic mass is 35.5. The van der Waals surface area contributed by atoms with Crippen LogP contribution < -0.4 is 25.2 Å². The van der Waals surface area contributed by atoms with E-state index in [4.69, 9.17) is 25.8 Å². The molecule has 0 radical (unpaired) electrons. The Morgan fingerprint density at radius 1 is 1.09 bits per heavy atom. The highest BCUT2D eigenvalue weighted by molar-refractivity contribution is 6.32. The van der Waals surface area contributed by atoms with Crippen LogP contribution in [0.3, 0.4) is 0 Å². The molecule has 10 heteroatoms. The molecule has 1 aromatic heterocycles. The molecule has 9 nitrogen and oxygen atoms in total. The molecule has 1 heterocycles. The van der Waals surface area contributed by atoms with Crippen molar-refractivity contribution in [3.8, 4) is 28.8 Å². The van der Waals surface area contributed by atoms with Crippen molar-refractivity contribution >= 4 is 11.6 Å². The first-order valence-electron chi connectivity index (χ1n) is 9.94. The maximum absolute atomic E-state index is 12.7. The normalized spacial score (nSPS) is 11.9. The summed E-state index contributed by atoms with van der Waals surface area (Å²) in [7, 11) is 3.03. The van der Waals surface area contributed by atoms with Gasteiger partial charge in [-0.15, -0.1) is 0 Å². The van der Waals surface area contributed by atoms with E-state index >= 15 is 0 Å². The van der Waals surface area contributed by atoms with E-state index in [1.165, 1.54) is 29.6 Å². The van der Waals surface area contributed by atoms with Crippen molar-refractivity contribution in [3.63, 3.8) is 0 Å². The number of hydrogen-bond acceptors (Lipinski definition) is 7. The predicted molar refractivity (Wildman–Crippen MR) is 121 cm³/mol. The molecule has 0 amide bonds. The Hall–Kier alpha value is -3.14. The summed E-state index contributed by atoms with van der Waals surface area (Å²) >= 11 is 6.02. The molecular weight excluding hydrogens is 438 g/mol. The largest absolute Gasteiger partial charge is 0.493 e. The molecule has 3 N–H and O–H groups in total. The fourth-order valence-corrected chi connectivity index (χ4v) is 3.29. The number of ether oxygens (including phenoxy) is 3. The number of benzene rings is 2. The zero-order valence-corrected chi connectivity index (χ0v) is 18.6. The van der Waals surface area contributed by atoms with Crippen LogP contribution in [0.25, 0.3) is 5.69 Å². The van der Waals surface area contributed by atoms with Crippen LogP contribution in [0.1, 0.15) is 0 Å². The molecule has 3 aromatic rings. The number of hydrogen-bond donors (Lipinski definition) is 3. The second-order valence-corrected chi connectivity index (χ2v) is 7.34. The summed E-state index contributed by atoms with van der Waals surface area (Å²) in [6, 6.07) is 12.0. The zero-order chi connectivity index (χ0) is 23.1. The highest BCUT2D eigenvalue weighted by Gasteiger charge is 2.14. The zero-order valence-electron chi connectivity index (χ0n) is 17.8. The Morgan fingerprint density at radius 2 is 1.84 bits per heavy atom. The van der Waals surface area contributed by atoms with E-state index in [9.17, 15) is 15.0 Å². The van der Waals surface area contributed by atoms with Gasteiger partial charge in [-0.05, 0) is 24.3 Å². The van der Waals surface area contributed by atoms with E-state index in [0.29, 0.717) is 34.5 Å². The second-order valence-electron chi connectivity index (χ2n) is 6.93. The Bertz CT molecular complexity index is 1100. The van der Waals surface area contributed by atoms with Gasteiger partial charge in [0.25, 0.3) is 0 Å². The van der Waals surface area contributed by atoms with Gasteiger partial charge in [0, 0.05) is 25.7 Å². The minimum absolute atomic E-state index is 0.0671. The molecule has 2 aromatic carbocycles. The third-order valence-electron chi connectivity index (χ3n) is 4.76. The molecule has 3 rings (SSSR count). The molecule has 1 atom stereocenters. The second kappa shape index (κ2) is 10.9. The Labute approximate surface area is 190 Å². The van der Waals surface area contributed by atoms with Gasteiger partial charge in [0.2, 0.25) is 5.88 Å². The standard InChI is InChI=1S/C22H26ClN3O6/c1-30-19-8-7-15(11-20(19)31-2)26-13-21(28)25(22(26)29)10-9-24-12-16(27)14-32-18-6-4-3-5-17(18)23/h3-8,11,13,16,24,27-28H,9-10,12,14H2,1-2H3. The summed E-state index contributed by atoms with van der Waals surface area (Å²) in [4.78, 5) is 12.7. The molecule has 0 bridgehead atoms. The topological polar surface area (TPSA) is 107 Å². The maximum Gasteiger partial charge on any atom is 0.335 e. The molecule has 172 valence electrons. The number of nitrogens with one attached hydrogen (secondary N) is 1. The van der Waals surface area contributed by atoms with Gasteiger partial charge in [0.1, 0.15) is 18.5 Å². The van der Waals surface area contributed by atoms with Crippen molar-refractivity contribution in [2.24, 2.45) is 0 Å². The molecular formula is C22H26ClN3O6. The Morgan fingerprint density at radius 3 is 2.56 bits per heavy atom. The minimum atomic E-state index is -0.770. The number of aromatic hydroxyl groups is 1. The number of methoxy groups -OCH3 is 2. The summed E-state index contributed by atoms with van der Waals surface area (Å²) in [5, 5.41) is 23.8. The van der Waals surface area contributed by atoms with E-state index in [0.717, 1.165) is 0 Å². The van der Waals surface area contributed by atoms with Gasteiger partial charge < -0.3 is 29.7 Å². The summed E-state index contributed by atoms with van der Waals surface area (Å²) < 4.78 is 18.5. The quantitative estimate of drug-likeness (QED) is 0.373. The number of nitrogens with zero attached hydrogens (tertiary/aromatic N) is 2. The van der Waals surface area contributed by atoms with Crippen LogP contribution in [0.2, 0.25) is 5.02 Å². The number of imidazole rings is 1. The van der Waals surface area contributed by atoms with Crippen LogP contribution in [-0.2, 0) is 6.54 Å². The molecule has 0 aliphatic heterocycles. The lowest BCUT2D eigenvalue weighted by Crippen LogP contribution is -2.34. The number of aromatic nitrogens is 2. The molecule has 32 heavy (non-hydrogen) atoms. The summed E-state index contributed by atoms with van der Waals surface area (Å²) in [6.07, 6.45) is 0.573. The molecule has 0 fully saturated rings. The number of para-hydroxylation sites is 1. The summed E-state index contributed by atoms with van der Waals surface area (Å²) in [5.41, 5.74) is 0.126. The van der Waals surface area contributed by atoms with E-state index in [1.54, 1.807) is 42.5 Å². The van der Waals surface area contributed by atoms with E-state index in [1.807, 2.05) is 0 Å². The Balaban J connectivity index is 1.54. The highest BCUT2D eigenvalue weighted by Crippen LogP contribution is 2.29. The lowest BCUT2D eigenvalue weighted by molar-refractivity contribution is 0.106. The van der Waals surface area contributed by atoms with Crippen LogP contribution >= 0.6 is 11.6 Å². The fourth-order valence-electron chi connectivity index (χ4n) is 3.10. The fraction of sp³-hybridized carbons (Fsp3) is 0.318. The van der Waals surface area contributed by atoms with Crippen LogP contribution in [-0.4, -0.2) is 59.4 Å². The van der Waals surface area contributed by atoms with Crippen molar-refractivity contribution < 1.29 is 24.4 Å². The average molecular weight is 464 g/mol. The monoisotopic (exact) mass is 463 g/mol. The number of aliphatic hydroxyl groups excluding tert-OH is 1. The van der Waals surface area contributed by atoms with Crippen LogP contribution in [0.15, 0.2) is 53.5 Å². The molecule has 0 saturated carbocycles. The van der Waals surface area contributed by atoms with Crippen LogP contribution in [0.5, 0.6) is 23.1 Å². The van der Waals surface area contributed by atoms with Gasteiger partial charge in [0.05, 0.1) is 31.1 Å². The lowest BCUT2D eigenvalue weighted by Gasteiger charge is -2.14. The van der Waals surface area contributed by atoms with Gasteiger partial charge in [-0.3, -0.25) is 9.13 Å². The third kappa shape index (κ3) is 5.56. The van der Waals surface area contributed by atoms with Crippen LogP contribution in [0.4, 0.5) is 0 Å². The average Bonchev–Trinajstić information content (AvgIpc) is 3.09. The van der Waals surface area contributed by atoms with E-state index < -0.39 is 11.8 Å². The van der Waals surface area contributed by atoms with Crippen molar-refractivity contribution in [3.05, 3.63) is 64.2 Å². The maximum atomic E-state index is 12.7. The first-order valence-corrected chi connectivity index (χ1v) is 10.3. The molecule has 0 aliphatic rings. The molecule has 0 saturated heterocycles. The molecule has 0 spiro atoms. The first-order chi connectivity index (χ1) is 15.4. The van der Waals surface area contributed by atoms with Crippen molar-refractivity contribution in [1.82, 2.24) is 14.5 Å². The van der Waals surface area contributed by atoms with Crippen molar-refractivity contribution in [2.45, 2.75) is 12.6 Å². The van der Waals surface area contributed by atoms with Gasteiger partial charge in [-0.1, -0.05) is 23.7 Å². The smallest absolute Gasteiger partial charge is 0.335 e. The van der Waals surface area contributed by atoms with Gasteiger partial charge >= 0.3 is 5.69 Å². The first kappa shape index (κ1) is 23.5. The van der Waals surface area contributed by atoms with Crippen molar-refractivity contribution in [2.75, 3.05) is 33.9 Å². The van der Waals surface area contributed by atoms with E-state index in [2.05, 4.69) is 5.32 Å². The minimum Gasteiger partial charge on any atom is -0.493 e. The number of halogens is 1. The Kier molecular flexibility index (Phi) is 8.04. The SMILES string of the molecule is COc1ccc(-n2cc(O)n(CCNCC(O)COc3ccccc3Cl)c2=O)cc1OC. The van der Waals surface area contributed by atoms with Crippen LogP contribution in [0, 0.1) is 0 Å². The number of aliphatic hydroxyl groups is 1. The number of rotatable bonds is 11. The molecule has 0 aliphatic carbocycles. The van der Waals surface area contributed by atoms with Crippen molar-refractivity contribution in [1.29, 1.82) is 0 Å². The third-order valence-corrected chi connectivity index (χ3v) is 5.08. The predicted octanol–water partition coefficient (Wildman–Crippen LogP) is 2.04. The van der Waals surface area contributed by atoms with Gasteiger partial charge in [-0.25, -0.2) is 4.79 Å².